The SMILES string of the molecule is CCOc1cc(N)cc(C(=O)Nc2[nH]ncc2C)c1. The molecule has 2 aromatic rings. The normalized spacial score (nSPS) is 10.2. The highest BCUT2D eigenvalue weighted by Gasteiger charge is 2.11. The molecule has 4 N–H and O–H groups in total. The van der Waals surface area contributed by atoms with Gasteiger partial charge in [0.05, 0.1) is 12.8 Å². The Morgan fingerprint density at radius 1 is 1.47 bits per heavy atom. The Morgan fingerprint density at radius 3 is 2.89 bits per heavy atom. The molecule has 0 spiro atoms. The predicted octanol–water partition coefficient (Wildman–Crippen LogP) is 1.95. The van der Waals surface area contributed by atoms with Gasteiger partial charge in [0.2, 0.25) is 0 Å². The van der Waals surface area contributed by atoms with Crippen molar-refractivity contribution in [1.29, 1.82) is 0 Å². The number of aryl methyl sites for hydroxylation is 1. The molecule has 2 rings (SSSR count). The van der Waals surface area contributed by atoms with E-state index in [0.717, 1.165) is 5.56 Å². The lowest BCUT2D eigenvalue weighted by Crippen LogP contribution is -2.13. The van der Waals surface area contributed by atoms with Crippen molar-refractivity contribution in [1.82, 2.24) is 10.2 Å². The fourth-order valence-corrected chi connectivity index (χ4v) is 1.66. The second-order valence-corrected chi connectivity index (χ2v) is 4.11. The number of H-pyrrole nitrogens is 1. The highest BCUT2D eigenvalue weighted by molar-refractivity contribution is 6.04. The fourth-order valence-electron chi connectivity index (χ4n) is 1.66. The zero-order valence-corrected chi connectivity index (χ0v) is 10.9. The van der Waals surface area contributed by atoms with E-state index in [2.05, 4.69) is 15.5 Å². The molecule has 0 atom stereocenters. The Kier molecular flexibility index (Phi) is 3.70. The summed E-state index contributed by atoms with van der Waals surface area (Å²) in [5.41, 5.74) is 7.54. The lowest BCUT2D eigenvalue weighted by molar-refractivity contribution is 0.102. The van der Waals surface area contributed by atoms with Gasteiger partial charge in [-0.1, -0.05) is 0 Å². The van der Waals surface area contributed by atoms with Gasteiger partial charge in [0, 0.05) is 22.9 Å². The van der Waals surface area contributed by atoms with Crippen molar-refractivity contribution in [2.24, 2.45) is 0 Å². The van der Waals surface area contributed by atoms with E-state index in [1.807, 2.05) is 13.8 Å². The summed E-state index contributed by atoms with van der Waals surface area (Å²) >= 11 is 0. The summed E-state index contributed by atoms with van der Waals surface area (Å²) < 4.78 is 5.36. The first-order valence-electron chi connectivity index (χ1n) is 5.95. The van der Waals surface area contributed by atoms with E-state index in [-0.39, 0.29) is 5.91 Å². The molecule has 0 fully saturated rings. The highest BCUT2D eigenvalue weighted by atomic mass is 16.5. The minimum Gasteiger partial charge on any atom is -0.494 e. The van der Waals surface area contributed by atoms with Gasteiger partial charge in [-0.2, -0.15) is 5.10 Å². The van der Waals surface area contributed by atoms with E-state index in [9.17, 15) is 4.79 Å². The molecule has 6 nitrogen and oxygen atoms in total. The third kappa shape index (κ3) is 3.04. The maximum atomic E-state index is 12.1. The fraction of sp³-hybridized carbons (Fsp3) is 0.231. The van der Waals surface area contributed by atoms with Crippen LogP contribution < -0.4 is 15.8 Å². The van der Waals surface area contributed by atoms with Gasteiger partial charge in [-0.05, 0) is 26.0 Å². The number of rotatable bonds is 4. The molecule has 1 amide bonds. The summed E-state index contributed by atoms with van der Waals surface area (Å²) in [4.78, 5) is 12.1. The molecule has 0 aliphatic carbocycles. The Morgan fingerprint density at radius 2 is 2.26 bits per heavy atom. The van der Waals surface area contributed by atoms with Crippen LogP contribution >= 0.6 is 0 Å². The minimum atomic E-state index is -0.263. The number of benzene rings is 1. The maximum Gasteiger partial charge on any atom is 0.257 e. The first-order valence-corrected chi connectivity index (χ1v) is 5.95. The van der Waals surface area contributed by atoms with E-state index < -0.39 is 0 Å². The summed E-state index contributed by atoms with van der Waals surface area (Å²) in [6.45, 7) is 4.24. The van der Waals surface area contributed by atoms with Crippen molar-refractivity contribution in [2.75, 3.05) is 17.7 Å². The van der Waals surface area contributed by atoms with E-state index >= 15 is 0 Å². The van der Waals surface area contributed by atoms with E-state index in [1.165, 1.54) is 0 Å². The van der Waals surface area contributed by atoms with Crippen LogP contribution in [0.1, 0.15) is 22.8 Å². The van der Waals surface area contributed by atoms with Crippen LogP contribution in [-0.2, 0) is 0 Å². The Balaban J connectivity index is 2.21. The molecular formula is C13H16N4O2. The number of nitrogen functional groups attached to an aromatic ring is 1. The van der Waals surface area contributed by atoms with Crippen molar-refractivity contribution < 1.29 is 9.53 Å². The van der Waals surface area contributed by atoms with Crippen LogP contribution in [0.5, 0.6) is 5.75 Å². The largest absolute Gasteiger partial charge is 0.494 e. The molecule has 100 valence electrons. The summed E-state index contributed by atoms with van der Waals surface area (Å²) in [5.74, 6) is 0.889. The molecule has 6 heteroatoms. The van der Waals surface area contributed by atoms with Crippen molar-refractivity contribution >= 4 is 17.4 Å². The van der Waals surface area contributed by atoms with Crippen LogP contribution in [0.2, 0.25) is 0 Å². The van der Waals surface area contributed by atoms with Crippen LogP contribution in [0.25, 0.3) is 0 Å². The van der Waals surface area contributed by atoms with Crippen LogP contribution in [0, 0.1) is 6.92 Å². The predicted molar refractivity (Wildman–Crippen MR) is 73.3 cm³/mol. The third-order valence-corrected chi connectivity index (χ3v) is 2.57. The molecule has 0 saturated heterocycles. The van der Waals surface area contributed by atoms with E-state index in [4.69, 9.17) is 10.5 Å². The minimum absolute atomic E-state index is 0.263. The summed E-state index contributed by atoms with van der Waals surface area (Å²) in [5, 5.41) is 9.29. The first kappa shape index (κ1) is 12.9. The van der Waals surface area contributed by atoms with Gasteiger partial charge < -0.3 is 15.8 Å². The molecule has 0 saturated carbocycles. The van der Waals surface area contributed by atoms with Crippen molar-refractivity contribution in [2.45, 2.75) is 13.8 Å². The number of anilines is 2. The summed E-state index contributed by atoms with van der Waals surface area (Å²) in [7, 11) is 0. The number of aromatic amines is 1. The van der Waals surface area contributed by atoms with Crippen molar-refractivity contribution in [3.63, 3.8) is 0 Å². The first-order chi connectivity index (χ1) is 9.10. The van der Waals surface area contributed by atoms with Crippen LogP contribution in [0.15, 0.2) is 24.4 Å². The molecule has 0 aliphatic rings. The lowest BCUT2D eigenvalue weighted by Gasteiger charge is -2.08. The summed E-state index contributed by atoms with van der Waals surface area (Å²) in [6.07, 6.45) is 1.64. The quantitative estimate of drug-likeness (QED) is 0.732. The van der Waals surface area contributed by atoms with Gasteiger partial charge >= 0.3 is 0 Å². The van der Waals surface area contributed by atoms with Crippen LogP contribution in [-0.4, -0.2) is 22.7 Å². The van der Waals surface area contributed by atoms with Gasteiger partial charge in [0.1, 0.15) is 11.6 Å². The molecular weight excluding hydrogens is 244 g/mol. The molecule has 19 heavy (non-hydrogen) atoms. The Hall–Kier alpha value is -2.50. The third-order valence-electron chi connectivity index (χ3n) is 2.57. The number of amides is 1. The van der Waals surface area contributed by atoms with Crippen molar-refractivity contribution in [3.05, 3.63) is 35.5 Å². The molecule has 0 aliphatic heterocycles. The zero-order chi connectivity index (χ0) is 13.8. The standard InChI is InChI=1S/C13H16N4O2/c1-3-19-11-5-9(4-10(14)6-11)13(18)16-12-8(2)7-15-17-12/h4-7H,3,14H2,1-2H3,(H2,15,16,17,18). The monoisotopic (exact) mass is 260 g/mol. The zero-order valence-electron chi connectivity index (χ0n) is 10.9. The average Bonchev–Trinajstić information content (AvgIpc) is 2.75. The maximum absolute atomic E-state index is 12.1. The van der Waals surface area contributed by atoms with Gasteiger partial charge in [-0.15, -0.1) is 0 Å². The molecule has 1 heterocycles. The number of hydrogen-bond donors (Lipinski definition) is 3. The number of ether oxygens (including phenoxy) is 1. The molecule has 1 aromatic heterocycles. The smallest absolute Gasteiger partial charge is 0.257 e. The second kappa shape index (κ2) is 5.43. The lowest BCUT2D eigenvalue weighted by atomic mass is 10.1. The Bertz CT molecular complexity index is 592. The van der Waals surface area contributed by atoms with Gasteiger partial charge in [-0.3, -0.25) is 9.89 Å². The van der Waals surface area contributed by atoms with Gasteiger partial charge in [-0.25, -0.2) is 0 Å². The number of nitrogens with zero attached hydrogens (tertiary/aromatic N) is 1. The highest BCUT2D eigenvalue weighted by Crippen LogP contribution is 2.20. The van der Waals surface area contributed by atoms with E-state index in [0.29, 0.717) is 29.4 Å². The van der Waals surface area contributed by atoms with Crippen LogP contribution in [0.4, 0.5) is 11.5 Å². The second-order valence-electron chi connectivity index (χ2n) is 4.11. The number of nitrogens with one attached hydrogen (secondary N) is 2. The van der Waals surface area contributed by atoms with Crippen LogP contribution in [0.3, 0.4) is 0 Å². The number of carbonyl (C=O) groups is 1. The number of nitrogens with two attached hydrogens (primary N) is 1. The topological polar surface area (TPSA) is 93.0 Å². The summed E-state index contributed by atoms with van der Waals surface area (Å²) in [6, 6.07) is 4.94. The number of hydrogen-bond acceptors (Lipinski definition) is 4. The van der Waals surface area contributed by atoms with Gasteiger partial charge in [0.25, 0.3) is 5.91 Å². The number of aromatic nitrogens is 2. The molecule has 0 bridgehead atoms. The average molecular weight is 260 g/mol. The number of carbonyl (C=O) groups excluding carboxylic acids is 1. The molecule has 0 unspecified atom stereocenters. The van der Waals surface area contributed by atoms with Crippen molar-refractivity contribution in [3.8, 4) is 5.75 Å². The van der Waals surface area contributed by atoms with Gasteiger partial charge in [0.15, 0.2) is 0 Å². The van der Waals surface area contributed by atoms with E-state index in [1.54, 1.807) is 24.4 Å². The Labute approximate surface area is 111 Å². The molecule has 1 aromatic carbocycles. The molecule has 0 radical (unpaired) electrons.